The highest BCUT2D eigenvalue weighted by Gasteiger charge is 2.16. The second kappa shape index (κ2) is 5.11. The highest BCUT2D eigenvalue weighted by Crippen LogP contribution is 2.26. The average molecular weight is 232 g/mol. The number of rotatable bonds is 3. The van der Waals surface area contributed by atoms with Gasteiger partial charge in [0.2, 0.25) is 0 Å². The second-order valence-electron chi connectivity index (χ2n) is 2.86. The normalized spacial score (nSPS) is 12.3. The van der Waals surface area contributed by atoms with E-state index in [4.69, 9.17) is 0 Å². The summed E-state index contributed by atoms with van der Waals surface area (Å²) >= 11 is 0.995. The number of thioether (sulfide) groups is 1. The van der Waals surface area contributed by atoms with Gasteiger partial charge in [0.05, 0.1) is 7.11 Å². The Bertz CT molecular complexity index is 368. The lowest BCUT2D eigenvalue weighted by molar-refractivity contribution is -0.139. The Balaban J connectivity index is 2.76. The fourth-order valence-electron chi connectivity index (χ4n) is 0.975. The van der Waals surface area contributed by atoms with Crippen LogP contribution in [0.15, 0.2) is 23.1 Å². The lowest BCUT2D eigenvalue weighted by Gasteiger charge is -2.09. The maximum atomic E-state index is 13.2. The van der Waals surface area contributed by atoms with E-state index < -0.39 is 22.9 Å². The molecular weight excluding hydrogens is 222 g/mol. The van der Waals surface area contributed by atoms with Gasteiger partial charge in [-0.2, -0.15) is 0 Å². The summed E-state index contributed by atoms with van der Waals surface area (Å²) in [5, 5.41) is -0.519. The Morgan fingerprint density at radius 3 is 2.67 bits per heavy atom. The highest BCUT2D eigenvalue weighted by molar-refractivity contribution is 8.00. The second-order valence-corrected chi connectivity index (χ2v) is 4.24. The molecule has 1 rings (SSSR count). The van der Waals surface area contributed by atoms with Crippen LogP contribution in [-0.2, 0) is 9.53 Å². The van der Waals surface area contributed by atoms with E-state index in [1.807, 2.05) is 0 Å². The molecule has 5 heteroatoms. The first kappa shape index (κ1) is 12.0. The third-order valence-corrected chi connectivity index (χ3v) is 2.86. The molecular formula is C10H10F2O2S. The molecule has 1 atom stereocenters. The monoisotopic (exact) mass is 232 g/mol. The predicted molar refractivity (Wildman–Crippen MR) is 53.7 cm³/mol. The van der Waals surface area contributed by atoms with Gasteiger partial charge < -0.3 is 4.74 Å². The largest absolute Gasteiger partial charge is 0.468 e. The van der Waals surface area contributed by atoms with Gasteiger partial charge in [-0.25, -0.2) is 8.78 Å². The number of carbonyl (C=O) groups is 1. The summed E-state index contributed by atoms with van der Waals surface area (Å²) in [6, 6.07) is 3.23. The van der Waals surface area contributed by atoms with Crippen LogP contribution in [0.25, 0.3) is 0 Å². The molecule has 0 spiro atoms. The van der Waals surface area contributed by atoms with Crippen LogP contribution in [-0.4, -0.2) is 18.3 Å². The third-order valence-electron chi connectivity index (χ3n) is 1.73. The van der Waals surface area contributed by atoms with E-state index in [-0.39, 0.29) is 4.90 Å². The molecule has 1 aromatic rings. The number of methoxy groups -OCH3 is 1. The maximum Gasteiger partial charge on any atom is 0.318 e. The Hall–Kier alpha value is -1.10. The SMILES string of the molecule is COC(=O)C(C)Sc1ccc(F)cc1F. The zero-order chi connectivity index (χ0) is 11.4. The predicted octanol–water partition coefficient (Wildman–Crippen LogP) is 2.62. The number of carbonyl (C=O) groups excluding carboxylic acids is 1. The van der Waals surface area contributed by atoms with E-state index in [9.17, 15) is 13.6 Å². The van der Waals surface area contributed by atoms with E-state index in [2.05, 4.69) is 4.74 Å². The van der Waals surface area contributed by atoms with Crippen LogP contribution in [0.1, 0.15) is 6.92 Å². The molecule has 0 heterocycles. The van der Waals surface area contributed by atoms with Crippen molar-refractivity contribution in [1.29, 1.82) is 0 Å². The molecule has 1 aromatic carbocycles. The molecule has 82 valence electrons. The zero-order valence-corrected chi connectivity index (χ0v) is 9.11. The van der Waals surface area contributed by atoms with Crippen LogP contribution < -0.4 is 0 Å². The molecule has 0 N–H and O–H groups in total. The lowest BCUT2D eigenvalue weighted by Crippen LogP contribution is -2.14. The lowest BCUT2D eigenvalue weighted by atomic mass is 10.3. The first-order valence-corrected chi connectivity index (χ1v) is 5.12. The fourth-order valence-corrected chi connectivity index (χ4v) is 1.87. The minimum Gasteiger partial charge on any atom is -0.468 e. The first-order chi connectivity index (χ1) is 7.04. The standard InChI is InChI=1S/C10H10F2O2S/c1-6(10(13)14-2)15-9-4-3-7(11)5-8(9)12/h3-6H,1-2H3. The number of esters is 1. The van der Waals surface area contributed by atoms with Gasteiger partial charge in [-0.15, -0.1) is 11.8 Å². The van der Waals surface area contributed by atoms with E-state index in [1.165, 1.54) is 13.2 Å². The first-order valence-electron chi connectivity index (χ1n) is 4.24. The molecule has 1 unspecified atom stereocenters. The molecule has 0 radical (unpaired) electrons. The van der Waals surface area contributed by atoms with Gasteiger partial charge in [0.1, 0.15) is 16.9 Å². The van der Waals surface area contributed by atoms with Crippen LogP contribution in [0.3, 0.4) is 0 Å². The Kier molecular flexibility index (Phi) is 4.08. The average Bonchev–Trinajstić information content (AvgIpc) is 2.20. The summed E-state index contributed by atoms with van der Waals surface area (Å²) in [7, 11) is 1.26. The van der Waals surface area contributed by atoms with E-state index in [0.29, 0.717) is 0 Å². The summed E-state index contributed by atoms with van der Waals surface area (Å²) in [4.78, 5) is 11.3. The molecule has 0 amide bonds. The summed E-state index contributed by atoms with van der Waals surface area (Å²) in [6.45, 7) is 1.60. The van der Waals surface area contributed by atoms with Crippen LogP contribution in [0.2, 0.25) is 0 Å². The smallest absolute Gasteiger partial charge is 0.318 e. The molecule has 0 aliphatic heterocycles. The molecule has 0 aliphatic carbocycles. The third kappa shape index (κ3) is 3.20. The summed E-state index contributed by atoms with van der Waals surface area (Å²) < 4.78 is 30.2. The number of hydrogen-bond donors (Lipinski definition) is 0. The van der Waals surface area contributed by atoms with Crippen molar-refractivity contribution < 1.29 is 18.3 Å². The van der Waals surface area contributed by atoms with Crippen molar-refractivity contribution in [2.24, 2.45) is 0 Å². The molecule has 0 aliphatic rings. The van der Waals surface area contributed by atoms with Crippen molar-refractivity contribution in [1.82, 2.24) is 0 Å². The summed E-state index contributed by atoms with van der Waals surface area (Å²) in [5.74, 6) is -1.75. The van der Waals surface area contributed by atoms with Gasteiger partial charge in [0.25, 0.3) is 0 Å². The minimum absolute atomic E-state index is 0.231. The molecule has 0 aromatic heterocycles. The van der Waals surface area contributed by atoms with Crippen LogP contribution in [0.5, 0.6) is 0 Å². The van der Waals surface area contributed by atoms with Crippen LogP contribution in [0, 0.1) is 11.6 Å². The molecule has 0 bridgehead atoms. The number of benzene rings is 1. The highest BCUT2D eigenvalue weighted by atomic mass is 32.2. The van der Waals surface area contributed by atoms with Crippen molar-refractivity contribution in [3.8, 4) is 0 Å². The number of halogens is 2. The van der Waals surface area contributed by atoms with E-state index in [0.717, 1.165) is 23.9 Å². The van der Waals surface area contributed by atoms with E-state index >= 15 is 0 Å². The topological polar surface area (TPSA) is 26.3 Å². The minimum atomic E-state index is -0.671. The maximum absolute atomic E-state index is 13.2. The molecule has 0 saturated carbocycles. The van der Waals surface area contributed by atoms with Crippen LogP contribution >= 0.6 is 11.8 Å². The van der Waals surface area contributed by atoms with Crippen molar-refractivity contribution in [3.63, 3.8) is 0 Å². The van der Waals surface area contributed by atoms with Gasteiger partial charge in [0, 0.05) is 11.0 Å². The Morgan fingerprint density at radius 2 is 2.13 bits per heavy atom. The van der Waals surface area contributed by atoms with E-state index in [1.54, 1.807) is 6.92 Å². The van der Waals surface area contributed by atoms with Crippen LogP contribution in [0.4, 0.5) is 8.78 Å². The molecule has 0 fully saturated rings. The van der Waals surface area contributed by atoms with Gasteiger partial charge in [-0.3, -0.25) is 4.79 Å². The summed E-state index contributed by atoms with van der Waals surface area (Å²) in [6.07, 6.45) is 0. The molecule has 0 saturated heterocycles. The van der Waals surface area contributed by atoms with Crippen molar-refractivity contribution in [2.75, 3.05) is 7.11 Å². The zero-order valence-electron chi connectivity index (χ0n) is 8.29. The summed E-state index contributed by atoms with van der Waals surface area (Å²) in [5.41, 5.74) is 0. The van der Waals surface area contributed by atoms with Gasteiger partial charge in [0.15, 0.2) is 0 Å². The number of ether oxygens (including phenoxy) is 1. The van der Waals surface area contributed by atoms with Gasteiger partial charge in [-0.05, 0) is 19.1 Å². The van der Waals surface area contributed by atoms with Crippen molar-refractivity contribution >= 4 is 17.7 Å². The van der Waals surface area contributed by atoms with Crippen molar-refractivity contribution in [2.45, 2.75) is 17.1 Å². The fraction of sp³-hybridized carbons (Fsp3) is 0.300. The molecule has 2 nitrogen and oxygen atoms in total. The van der Waals surface area contributed by atoms with Gasteiger partial charge >= 0.3 is 5.97 Å². The number of hydrogen-bond acceptors (Lipinski definition) is 3. The quantitative estimate of drug-likeness (QED) is 0.592. The molecule has 15 heavy (non-hydrogen) atoms. The Morgan fingerprint density at radius 1 is 1.47 bits per heavy atom. The Labute approximate surface area is 90.6 Å². The van der Waals surface area contributed by atoms with Crippen molar-refractivity contribution in [3.05, 3.63) is 29.8 Å². The van der Waals surface area contributed by atoms with Gasteiger partial charge in [-0.1, -0.05) is 0 Å².